The van der Waals surface area contributed by atoms with Gasteiger partial charge in [-0.3, -0.25) is 0 Å². The zero-order valence-electron chi connectivity index (χ0n) is 16.8. The van der Waals surface area contributed by atoms with Gasteiger partial charge in [0.2, 0.25) is 0 Å². The molecule has 2 N–H and O–H groups in total. The van der Waals surface area contributed by atoms with Crippen LogP contribution in [-0.2, 0) is 19.1 Å². The Balaban J connectivity index is 4.19. The standard InChI is InChI=1S/C19H30N2O6/c1-12(2)15(22)26-17(24)20-9-8-19(6,7)10-14(5)11-21-18(25)27-16(23)13(3)4/h14H,1,3,8-11H2,2,4-7H3,(H,20,24)(H,21,25). The Kier molecular flexibility index (Phi) is 10.1. The third kappa shape index (κ3) is 11.6. The van der Waals surface area contributed by atoms with Crippen LogP contribution >= 0.6 is 0 Å². The minimum Gasteiger partial charge on any atom is -0.373 e. The zero-order chi connectivity index (χ0) is 21.2. The van der Waals surface area contributed by atoms with Crippen molar-refractivity contribution in [2.24, 2.45) is 11.3 Å². The van der Waals surface area contributed by atoms with E-state index >= 15 is 0 Å². The monoisotopic (exact) mass is 382 g/mol. The molecular weight excluding hydrogens is 352 g/mol. The number of nitrogens with one attached hydrogen (secondary N) is 2. The van der Waals surface area contributed by atoms with E-state index in [-0.39, 0.29) is 22.5 Å². The summed E-state index contributed by atoms with van der Waals surface area (Å²) in [5.41, 5.74) is 0.162. The first kappa shape index (κ1) is 24.4. The largest absolute Gasteiger partial charge is 0.415 e. The fourth-order valence-electron chi connectivity index (χ4n) is 2.29. The number of carbonyl (C=O) groups is 4. The fourth-order valence-corrected chi connectivity index (χ4v) is 2.29. The number of esters is 2. The summed E-state index contributed by atoms with van der Waals surface area (Å²) in [6, 6.07) is 0. The van der Waals surface area contributed by atoms with Crippen LogP contribution in [0.2, 0.25) is 0 Å². The maximum atomic E-state index is 11.5. The SMILES string of the molecule is C=C(C)C(=O)OC(=O)NCCC(C)(C)CC(C)CNC(=O)OC(=O)C(=C)C. The van der Waals surface area contributed by atoms with Crippen LogP contribution in [-0.4, -0.2) is 37.2 Å². The van der Waals surface area contributed by atoms with Crippen molar-refractivity contribution in [2.75, 3.05) is 13.1 Å². The van der Waals surface area contributed by atoms with Crippen LogP contribution in [0, 0.1) is 11.3 Å². The molecule has 0 bridgehead atoms. The van der Waals surface area contributed by atoms with E-state index in [1.165, 1.54) is 13.8 Å². The fraction of sp³-hybridized carbons (Fsp3) is 0.579. The first-order valence-electron chi connectivity index (χ1n) is 8.65. The van der Waals surface area contributed by atoms with Crippen LogP contribution in [0.4, 0.5) is 9.59 Å². The molecule has 0 spiro atoms. The van der Waals surface area contributed by atoms with Crippen LogP contribution in [0.5, 0.6) is 0 Å². The molecule has 27 heavy (non-hydrogen) atoms. The molecule has 0 aliphatic rings. The predicted octanol–water partition coefficient (Wildman–Crippen LogP) is 3.09. The Hall–Kier alpha value is -2.64. The van der Waals surface area contributed by atoms with Gasteiger partial charge >= 0.3 is 24.1 Å². The second-order valence-corrected chi connectivity index (χ2v) is 7.45. The molecule has 0 fully saturated rings. The molecule has 0 saturated carbocycles. The van der Waals surface area contributed by atoms with Gasteiger partial charge in [-0.15, -0.1) is 0 Å². The minimum atomic E-state index is -0.807. The summed E-state index contributed by atoms with van der Waals surface area (Å²) in [5.74, 6) is -1.41. The average molecular weight is 382 g/mol. The van der Waals surface area contributed by atoms with Gasteiger partial charge in [-0.2, -0.15) is 0 Å². The van der Waals surface area contributed by atoms with Gasteiger partial charge in [0.15, 0.2) is 0 Å². The van der Waals surface area contributed by atoms with E-state index in [2.05, 4.69) is 33.3 Å². The third-order valence-corrected chi connectivity index (χ3v) is 3.63. The molecule has 0 aliphatic heterocycles. The van der Waals surface area contributed by atoms with Gasteiger partial charge in [-0.05, 0) is 38.0 Å². The smallest absolute Gasteiger partial charge is 0.373 e. The van der Waals surface area contributed by atoms with Gasteiger partial charge in [-0.1, -0.05) is 33.9 Å². The van der Waals surface area contributed by atoms with Gasteiger partial charge in [0.1, 0.15) is 0 Å². The molecule has 0 aromatic rings. The summed E-state index contributed by atoms with van der Waals surface area (Å²) < 4.78 is 9.09. The lowest BCUT2D eigenvalue weighted by Crippen LogP contribution is -2.34. The van der Waals surface area contributed by atoms with E-state index in [4.69, 9.17) is 0 Å². The summed E-state index contributed by atoms with van der Waals surface area (Å²) in [6.45, 7) is 16.4. The van der Waals surface area contributed by atoms with Crippen LogP contribution in [0.15, 0.2) is 24.3 Å². The number of rotatable bonds is 9. The van der Waals surface area contributed by atoms with Crippen molar-refractivity contribution >= 4 is 24.1 Å². The zero-order valence-corrected chi connectivity index (χ0v) is 16.8. The van der Waals surface area contributed by atoms with Gasteiger partial charge in [-0.25, -0.2) is 19.2 Å². The molecule has 0 aromatic carbocycles. The second kappa shape index (κ2) is 11.2. The molecular formula is C19H30N2O6. The molecule has 2 amide bonds. The summed E-state index contributed by atoms with van der Waals surface area (Å²) in [7, 11) is 0. The van der Waals surface area contributed by atoms with E-state index in [1.54, 1.807) is 0 Å². The maximum Gasteiger partial charge on any atom is 0.415 e. The highest BCUT2D eigenvalue weighted by Crippen LogP contribution is 2.28. The van der Waals surface area contributed by atoms with E-state index in [1.807, 2.05) is 20.8 Å². The molecule has 0 rings (SSSR count). The Morgan fingerprint density at radius 3 is 1.81 bits per heavy atom. The Morgan fingerprint density at radius 1 is 0.926 bits per heavy atom. The minimum absolute atomic E-state index is 0.115. The Labute approximate surface area is 160 Å². The van der Waals surface area contributed by atoms with Crippen LogP contribution < -0.4 is 10.6 Å². The summed E-state index contributed by atoms with van der Waals surface area (Å²) in [4.78, 5) is 45.5. The number of ether oxygens (including phenoxy) is 2. The lowest BCUT2D eigenvalue weighted by molar-refractivity contribution is -0.133. The summed E-state index contributed by atoms with van der Waals surface area (Å²) >= 11 is 0. The molecule has 0 saturated heterocycles. The second-order valence-electron chi connectivity index (χ2n) is 7.45. The molecule has 8 nitrogen and oxygen atoms in total. The molecule has 1 atom stereocenters. The highest BCUT2D eigenvalue weighted by atomic mass is 16.6. The van der Waals surface area contributed by atoms with Crippen molar-refractivity contribution in [3.63, 3.8) is 0 Å². The molecule has 0 aliphatic carbocycles. The van der Waals surface area contributed by atoms with Crippen LogP contribution in [0.3, 0.4) is 0 Å². The Bertz CT molecular complexity index is 609. The van der Waals surface area contributed by atoms with Gasteiger partial charge in [0.25, 0.3) is 0 Å². The average Bonchev–Trinajstić information content (AvgIpc) is 2.51. The molecule has 152 valence electrons. The molecule has 1 unspecified atom stereocenters. The van der Waals surface area contributed by atoms with E-state index in [0.29, 0.717) is 19.5 Å². The molecule has 0 heterocycles. The number of alkyl carbamates (subject to hydrolysis) is 2. The molecule has 8 heteroatoms. The van der Waals surface area contributed by atoms with E-state index in [9.17, 15) is 19.2 Å². The van der Waals surface area contributed by atoms with Crippen LogP contribution in [0.1, 0.15) is 47.5 Å². The highest BCUT2D eigenvalue weighted by molar-refractivity contribution is 5.95. The normalized spacial score (nSPS) is 11.7. The van der Waals surface area contributed by atoms with Gasteiger partial charge in [0, 0.05) is 24.2 Å². The number of amides is 2. The summed E-state index contributed by atoms with van der Waals surface area (Å²) in [5, 5.41) is 5.06. The maximum absolute atomic E-state index is 11.5. The van der Waals surface area contributed by atoms with Crippen molar-refractivity contribution in [1.29, 1.82) is 0 Å². The van der Waals surface area contributed by atoms with E-state index in [0.717, 1.165) is 6.42 Å². The highest BCUT2D eigenvalue weighted by Gasteiger charge is 2.22. The van der Waals surface area contributed by atoms with E-state index < -0.39 is 24.1 Å². The van der Waals surface area contributed by atoms with Crippen molar-refractivity contribution in [3.8, 4) is 0 Å². The van der Waals surface area contributed by atoms with Gasteiger partial charge in [0.05, 0.1) is 0 Å². The number of carbonyl (C=O) groups excluding carboxylic acids is 4. The molecule has 0 aromatic heterocycles. The topological polar surface area (TPSA) is 111 Å². The van der Waals surface area contributed by atoms with Crippen molar-refractivity contribution in [1.82, 2.24) is 10.6 Å². The lowest BCUT2D eigenvalue weighted by atomic mass is 9.80. The summed E-state index contributed by atoms with van der Waals surface area (Å²) in [6.07, 6.45) is -0.215. The van der Waals surface area contributed by atoms with Crippen LogP contribution in [0.25, 0.3) is 0 Å². The van der Waals surface area contributed by atoms with Crippen molar-refractivity contribution in [2.45, 2.75) is 47.5 Å². The van der Waals surface area contributed by atoms with Gasteiger partial charge < -0.3 is 20.1 Å². The third-order valence-electron chi connectivity index (χ3n) is 3.63. The quantitative estimate of drug-likeness (QED) is 0.360. The van der Waals surface area contributed by atoms with Crippen molar-refractivity contribution in [3.05, 3.63) is 24.3 Å². The Morgan fingerprint density at radius 2 is 1.37 bits per heavy atom. The number of hydrogen-bond donors (Lipinski definition) is 2. The lowest BCUT2D eigenvalue weighted by Gasteiger charge is -2.28. The number of hydrogen-bond acceptors (Lipinski definition) is 6. The first-order chi connectivity index (χ1) is 12.3. The predicted molar refractivity (Wildman–Crippen MR) is 101 cm³/mol. The molecule has 0 radical (unpaired) electrons. The van der Waals surface area contributed by atoms with Crippen molar-refractivity contribution < 1.29 is 28.7 Å². The first-order valence-corrected chi connectivity index (χ1v) is 8.65.